The molecule has 0 heterocycles. The van der Waals surface area contributed by atoms with Gasteiger partial charge in [0.1, 0.15) is 0 Å². The van der Waals surface area contributed by atoms with Crippen LogP contribution in [0, 0.1) is 12.8 Å². The number of hydrogen-bond donors (Lipinski definition) is 2. The Bertz CT molecular complexity index is 335. The van der Waals surface area contributed by atoms with Crippen molar-refractivity contribution >= 4 is 15.9 Å². The summed E-state index contributed by atoms with van der Waals surface area (Å²) in [4.78, 5) is 0. The number of benzene rings is 1. The molecule has 16 heavy (non-hydrogen) atoms. The summed E-state index contributed by atoms with van der Waals surface area (Å²) in [6, 6.07) is 6.65. The molecule has 1 aromatic carbocycles. The molecule has 0 aromatic heterocycles. The van der Waals surface area contributed by atoms with Crippen LogP contribution in [0.15, 0.2) is 22.7 Å². The Morgan fingerprint density at radius 3 is 2.38 bits per heavy atom. The predicted octanol–water partition coefficient (Wildman–Crippen LogP) is 3.70. The number of nitrogens with one attached hydrogen (secondary N) is 1. The van der Waals surface area contributed by atoms with Crippen LogP contribution < -0.4 is 11.3 Å². The summed E-state index contributed by atoms with van der Waals surface area (Å²) in [5.74, 6) is 6.27. The number of rotatable bonds is 5. The second-order valence-corrected chi connectivity index (χ2v) is 5.10. The zero-order valence-corrected chi connectivity index (χ0v) is 11.8. The molecule has 1 unspecified atom stereocenters. The average molecular weight is 285 g/mol. The molecule has 0 aliphatic carbocycles. The highest BCUT2D eigenvalue weighted by Crippen LogP contribution is 2.32. The van der Waals surface area contributed by atoms with Gasteiger partial charge in [-0.1, -0.05) is 54.8 Å². The molecule has 0 aliphatic rings. The SMILES string of the molecule is CCC(CC)C(NN)c1ccc(C)cc1Br. The van der Waals surface area contributed by atoms with Crippen molar-refractivity contribution in [3.05, 3.63) is 33.8 Å². The molecule has 0 aliphatic heterocycles. The van der Waals surface area contributed by atoms with Crippen LogP contribution in [0.3, 0.4) is 0 Å². The van der Waals surface area contributed by atoms with E-state index in [-0.39, 0.29) is 6.04 Å². The van der Waals surface area contributed by atoms with Gasteiger partial charge >= 0.3 is 0 Å². The highest BCUT2D eigenvalue weighted by atomic mass is 79.9. The van der Waals surface area contributed by atoms with Crippen molar-refractivity contribution in [2.75, 3.05) is 0 Å². The van der Waals surface area contributed by atoms with E-state index in [1.54, 1.807) is 0 Å². The highest BCUT2D eigenvalue weighted by Gasteiger charge is 2.20. The lowest BCUT2D eigenvalue weighted by Gasteiger charge is -2.26. The molecular formula is C13H21BrN2. The maximum Gasteiger partial charge on any atom is 0.0499 e. The minimum atomic E-state index is 0.227. The first kappa shape index (κ1) is 13.7. The largest absolute Gasteiger partial charge is 0.271 e. The van der Waals surface area contributed by atoms with E-state index < -0.39 is 0 Å². The quantitative estimate of drug-likeness (QED) is 0.639. The van der Waals surface area contributed by atoms with Crippen LogP contribution in [0.5, 0.6) is 0 Å². The van der Waals surface area contributed by atoms with Gasteiger partial charge in [0.15, 0.2) is 0 Å². The summed E-state index contributed by atoms with van der Waals surface area (Å²) < 4.78 is 1.14. The summed E-state index contributed by atoms with van der Waals surface area (Å²) >= 11 is 3.62. The van der Waals surface area contributed by atoms with Gasteiger partial charge in [-0.25, -0.2) is 0 Å². The normalized spacial score (nSPS) is 13.1. The van der Waals surface area contributed by atoms with Crippen LogP contribution in [0.2, 0.25) is 0 Å². The summed E-state index contributed by atoms with van der Waals surface area (Å²) in [5.41, 5.74) is 5.46. The van der Waals surface area contributed by atoms with E-state index in [9.17, 15) is 0 Å². The molecule has 1 aromatic rings. The minimum absolute atomic E-state index is 0.227. The molecule has 2 nitrogen and oxygen atoms in total. The third kappa shape index (κ3) is 3.06. The molecule has 0 amide bonds. The zero-order chi connectivity index (χ0) is 12.1. The fraction of sp³-hybridized carbons (Fsp3) is 0.538. The maximum absolute atomic E-state index is 5.69. The van der Waals surface area contributed by atoms with E-state index in [0.29, 0.717) is 5.92 Å². The highest BCUT2D eigenvalue weighted by molar-refractivity contribution is 9.10. The van der Waals surface area contributed by atoms with E-state index in [4.69, 9.17) is 5.84 Å². The minimum Gasteiger partial charge on any atom is -0.271 e. The van der Waals surface area contributed by atoms with Crippen LogP contribution >= 0.6 is 15.9 Å². The van der Waals surface area contributed by atoms with Gasteiger partial charge in [-0.05, 0) is 30.0 Å². The lowest BCUT2D eigenvalue weighted by Crippen LogP contribution is -2.33. The van der Waals surface area contributed by atoms with E-state index in [1.807, 2.05) is 0 Å². The Balaban J connectivity index is 3.03. The first-order valence-electron chi connectivity index (χ1n) is 5.86. The van der Waals surface area contributed by atoms with Crippen LogP contribution in [0.1, 0.15) is 43.9 Å². The summed E-state index contributed by atoms with van der Waals surface area (Å²) in [5, 5.41) is 0. The molecule has 0 fully saturated rings. The maximum atomic E-state index is 5.69. The smallest absolute Gasteiger partial charge is 0.0499 e. The third-order valence-corrected chi connectivity index (χ3v) is 3.88. The Morgan fingerprint density at radius 1 is 1.31 bits per heavy atom. The topological polar surface area (TPSA) is 38.0 Å². The third-order valence-electron chi connectivity index (χ3n) is 3.19. The molecule has 0 radical (unpaired) electrons. The van der Waals surface area contributed by atoms with Crippen LogP contribution in [0.25, 0.3) is 0 Å². The second kappa shape index (κ2) is 6.38. The van der Waals surface area contributed by atoms with Crippen LogP contribution in [-0.2, 0) is 0 Å². The average Bonchev–Trinajstić information content (AvgIpc) is 2.27. The van der Waals surface area contributed by atoms with Gasteiger partial charge in [0, 0.05) is 10.5 Å². The Hall–Kier alpha value is -0.380. The van der Waals surface area contributed by atoms with Gasteiger partial charge in [0.2, 0.25) is 0 Å². The van der Waals surface area contributed by atoms with E-state index in [1.165, 1.54) is 11.1 Å². The fourth-order valence-electron chi connectivity index (χ4n) is 2.12. The monoisotopic (exact) mass is 284 g/mol. The molecule has 1 atom stereocenters. The molecule has 0 saturated heterocycles. The molecular weight excluding hydrogens is 264 g/mol. The van der Waals surface area contributed by atoms with Gasteiger partial charge in [0.05, 0.1) is 0 Å². The number of nitrogens with two attached hydrogens (primary N) is 1. The Morgan fingerprint density at radius 2 is 1.94 bits per heavy atom. The number of halogens is 1. The van der Waals surface area contributed by atoms with Crippen molar-refractivity contribution < 1.29 is 0 Å². The van der Waals surface area contributed by atoms with E-state index in [2.05, 4.69) is 60.3 Å². The molecule has 3 heteroatoms. The van der Waals surface area contributed by atoms with Crippen LogP contribution in [-0.4, -0.2) is 0 Å². The Labute approximate surface area is 107 Å². The molecule has 90 valence electrons. The van der Waals surface area contributed by atoms with Crippen molar-refractivity contribution in [3.63, 3.8) is 0 Å². The first-order valence-corrected chi connectivity index (χ1v) is 6.65. The van der Waals surface area contributed by atoms with Gasteiger partial charge < -0.3 is 0 Å². The fourth-order valence-corrected chi connectivity index (χ4v) is 2.86. The lowest BCUT2D eigenvalue weighted by molar-refractivity contribution is 0.344. The molecule has 0 spiro atoms. The van der Waals surface area contributed by atoms with Crippen molar-refractivity contribution in [3.8, 4) is 0 Å². The van der Waals surface area contributed by atoms with Gasteiger partial charge in [-0.2, -0.15) is 0 Å². The lowest BCUT2D eigenvalue weighted by atomic mass is 9.89. The second-order valence-electron chi connectivity index (χ2n) is 4.25. The first-order chi connectivity index (χ1) is 7.63. The molecule has 3 N–H and O–H groups in total. The van der Waals surface area contributed by atoms with Crippen LogP contribution in [0.4, 0.5) is 0 Å². The molecule has 1 rings (SSSR count). The Kier molecular flexibility index (Phi) is 5.46. The van der Waals surface area contributed by atoms with Gasteiger partial charge in [-0.3, -0.25) is 11.3 Å². The molecule has 0 saturated carbocycles. The summed E-state index contributed by atoms with van der Waals surface area (Å²) in [7, 11) is 0. The standard InChI is InChI=1S/C13H21BrN2/c1-4-10(5-2)13(16-15)11-7-6-9(3)8-12(11)14/h6-8,10,13,16H,4-5,15H2,1-3H3. The predicted molar refractivity (Wildman–Crippen MR) is 73.0 cm³/mol. The molecule has 0 bridgehead atoms. The van der Waals surface area contributed by atoms with Crippen molar-refractivity contribution in [1.29, 1.82) is 0 Å². The van der Waals surface area contributed by atoms with E-state index in [0.717, 1.165) is 17.3 Å². The van der Waals surface area contributed by atoms with Crippen molar-refractivity contribution in [2.24, 2.45) is 11.8 Å². The van der Waals surface area contributed by atoms with Gasteiger partial charge in [-0.15, -0.1) is 0 Å². The van der Waals surface area contributed by atoms with Crippen molar-refractivity contribution in [1.82, 2.24) is 5.43 Å². The summed E-state index contributed by atoms with van der Waals surface area (Å²) in [6.07, 6.45) is 2.26. The number of aryl methyl sites for hydroxylation is 1. The zero-order valence-electron chi connectivity index (χ0n) is 10.3. The summed E-state index contributed by atoms with van der Waals surface area (Å²) in [6.45, 7) is 6.51. The van der Waals surface area contributed by atoms with E-state index >= 15 is 0 Å². The number of hydrogen-bond acceptors (Lipinski definition) is 2. The van der Waals surface area contributed by atoms with Gasteiger partial charge in [0.25, 0.3) is 0 Å². The van der Waals surface area contributed by atoms with Crippen molar-refractivity contribution in [2.45, 2.75) is 39.7 Å². The number of hydrazine groups is 1.